The summed E-state index contributed by atoms with van der Waals surface area (Å²) in [4.78, 5) is 30.3. The van der Waals surface area contributed by atoms with Crippen LogP contribution in [0.25, 0.3) is 0 Å². The van der Waals surface area contributed by atoms with Gasteiger partial charge in [0, 0.05) is 12.6 Å². The van der Waals surface area contributed by atoms with E-state index in [9.17, 15) is 9.59 Å². The molecular weight excluding hydrogens is 569 g/mol. The molecule has 0 fully saturated rings. The Morgan fingerprint density at radius 1 is 0.810 bits per heavy atom. The normalized spacial score (nSPS) is 11.2. The molecule has 212 valence electrons. The van der Waals surface area contributed by atoms with Gasteiger partial charge in [-0.2, -0.15) is 0 Å². The van der Waals surface area contributed by atoms with Gasteiger partial charge in [-0.25, -0.2) is 4.98 Å². The minimum atomic E-state index is -0.910. The molecule has 1 heterocycles. The van der Waals surface area contributed by atoms with Crippen LogP contribution >= 0.6 is 23.2 Å². The van der Waals surface area contributed by atoms with Gasteiger partial charge in [-0.15, -0.1) is 0 Å². The van der Waals surface area contributed by atoms with E-state index in [0.717, 1.165) is 16.7 Å². The predicted octanol–water partition coefficient (Wildman–Crippen LogP) is 7.32. The van der Waals surface area contributed by atoms with E-state index in [1.54, 1.807) is 18.2 Å². The smallest absolute Gasteiger partial charge is 0.305 e. The third-order valence-corrected chi connectivity index (χ3v) is 7.84. The lowest BCUT2D eigenvalue weighted by atomic mass is 9.76. The van der Waals surface area contributed by atoms with Crippen molar-refractivity contribution in [3.8, 4) is 0 Å². The number of carbonyl (C=O) groups is 2. The molecule has 1 amide bonds. The molecule has 5 rings (SSSR count). The quantitative estimate of drug-likeness (QED) is 0.135. The highest BCUT2D eigenvalue weighted by atomic mass is 35.5. The topological polar surface area (TPSA) is 73.2 Å². The zero-order chi connectivity index (χ0) is 29.5. The van der Waals surface area contributed by atoms with Crippen LogP contribution in [0.3, 0.4) is 0 Å². The first-order chi connectivity index (χ1) is 20.4. The number of esters is 1. The fraction of sp³-hybridized carbons (Fsp3) is 0.147. The molecule has 0 atom stereocenters. The molecule has 5 aromatic rings. The molecule has 0 saturated carbocycles. The number of rotatable bonds is 10. The first kappa shape index (κ1) is 29.1. The molecule has 8 heteroatoms. The summed E-state index contributed by atoms with van der Waals surface area (Å²) < 4.78 is 6.86. The summed E-state index contributed by atoms with van der Waals surface area (Å²) in [6.45, 7) is 0. The van der Waals surface area contributed by atoms with E-state index >= 15 is 0 Å². The van der Waals surface area contributed by atoms with E-state index < -0.39 is 5.54 Å². The minimum absolute atomic E-state index is 0.0657. The number of ether oxygens (including phenoxy) is 1. The third kappa shape index (κ3) is 6.10. The molecule has 6 nitrogen and oxygen atoms in total. The van der Waals surface area contributed by atoms with Crippen molar-refractivity contribution in [2.24, 2.45) is 0 Å². The number of aryl methyl sites for hydroxylation is 1. The van der Waals surface area contributed by atoms with Crippen LogP contribution in [-0.2, 0) is 32.7 Å². The Morgan fingerprint density at radius 3 is 1.86 bits per heavy atom. The van der Waals surface area contributed by atoms with Crippen LogP contribution in [0, 0.1) is 0 Å². The van der Waals surface area contributed by atoms with Gasteiger partial charge in [-0.05, 0) is 34.4 Å². The Labute approximate surface area is 254 Å². The monoisotopic (exact) mass is 597 g/mol. The highest BCUT2D eigenvalue weighted by Crippen LogP contribution is 2.43. The molecular formula is C34H29Cl2N3O3. The molecule has 0 aliphatic heterocycles. The number of halogens is 2. The van der Waals surface area contributed by atoms with Crippen LogP contribution in [0.15, 0.2) is 115 Å². The van der Waals surface area contributed by atoms with Gasteiger partial charge in [0.05, 0.1) is 35.7 Å². The maximum atomic E-state index is 13.5. The molecule has 0 aliphatic rings. The van der Waals surface area contributed by atoms with Crippen molar-refractivity contribution in [1.82, 2.24) is 9.55 Å². The summed E-state index contributed by atoms with van der Waals surface area (Å²) in [5, 5.41) is 3.85. The second-order valence-corrected chi connectivity index (χ2v) is 10.6. The predicted molar refractivity (Wildman–Crippen MR) is 166 cm³/mol. The van der Waals surface area contributed by atoms with E-state index in [4.69, 9.17) is 32.9 Å². The highest BCUT2D eigenvalue weighted by Gasteiger charge is 2.40. The summed E-state index contributed by atoms with van der Waals surface area (Å²) in [7, 11) is 1.36. The van der Waals surface area contributed by atoms with Gasteiger partial charge >= 0.3 is 5.97 Å². The van der Waals surface area contributed by atoms with Crippen molar-refractivity contribution in [3.63, 3.8) is 0 Å². The second-order valence-electron chi connectivity index (χ2n) is 9.78. The highest BCUT2D eigenvalue weighted by molar-refractivity contribution is 6.42. The molecule has 42 heavy (non-hydrogen) atoms. The van der Waals surface area contributed by atoms with Crippen molar-refractivity contribution < 1.29 is 14.3 Å². The fourth-order valence-electron chi connectivity index (χ4n) is 5.18. The number of nitrogens with zero attached hydrogens (tertiary/aromatic N) is 2. The maximum absolute atomic E-state index is 13.5. The van der Waals surface area contributed by atoms with Crippen molar-refractivity contribution in [3.05, 3.63) is 153 Å². The summed E-state index contributed by atoms with van der Waals surface area (Å²) in [6, 6.07) is 35.4. The summed E-state index contributed by atoms with van der Waals surface area (Å²) in [6.07, 6.45) is 2.46. The van der Waals surface area contributed by atoms with E-state index in [2.05, 4.69) is 41.7 Å². The van der Waals surface area contributed by atoms with Crippen LogP contribution in [0.4, 0.5) is 5.95 Å². The van der Waals surface area contributed by atoms with Gasteiger partial charge in [-0.1, -0.05) is 120 Å². The molecule has 0 bridgehead atoms. The Morgan fingerprint density at radius 2 is 1.36 bits per heavy atom. The van der Waals surface area contributed by atoms with Crippen LogP contribution < -0.4 is 5.32 Å². The van der Waals surface area contributed by atoms with Crippen molar-refractivity contribution in [1.29, 1.82) is 0 Å². The number of amides is 1. The largest absolute Gasteiger partial charge is 0.469 e. The average molecular weight is 599 g/mol. The lowest BCUT2D eigenvalue weighted by molar-refractivity contribution is -0.140. The van der Waals surface area contributed by atoms with E-state index in [-0.39, 0.29) is 24.7 Å². The van der Waals surface area contributed by atoms with Gasteiger partial charge in [0.25, 0.3) is 0 Å². The van der Waals surface area contributed by atoms with Gasteiger partial charge in [0.15, 0.2) is 0 Å². The molecule has 0 aliphatic carbocycles. The Bertz CT molecular complexity index is 1580. The number of benzene rings is 4. The lowest BCUT2D eigenvalue weighted by Crippen LogP contribution is -2.38. The number of hydrogen-bond acceptors (Lipinski definition) is 4. The van der Waals surface area contributed by atoms with E-state index in [1.807, 2.05) is 65.4 Å². The van der Waals surface area contributed by atoms with E-state index in [0.29, 0.717) is 33.7 Å². The van der Waals surface area contributed by atoms with Gasteiger partial charge in [0.2, 0.25) is 11.9 Å². The minimum Gasteiger partial charge on any atom is -0.469 e. The van der Waals surface area contributed by atoms with Crippen LogP contribution in [0.1, 0.15) is 34.4 Å². The number of carbonyl (C=O) groups excluding carboxylic acids is 2. The SMILES string of the molecule is COC(=O)CCc1cn(C(c2ccccc2)(c2ccccc2)c2ccccc2)c(NC(=O)Cc2ccc(Cl)c(Cl)c2)n1. The third-order valence-electron chi connectivity index (χ3n) is 7.10. The van der Waals surface area contributed by atoms with Crippen LogP contribution in [0.5, 0.6) is 0 Å². The number of hydrogen-bond donors (Lipinski definition) is 1. The molecule has 0 saturated heterocycles. The Kier molecular flexibility index (Phi) is 9.06. The number of imidazole rings is 1. The number of nitrogens with one attached hydrogen (secondary N) is 1. The van der Waals surface area contributed by atoms with Crippen molar-refractivity contribution >= 4 is 41.0 Å². The number of methoxy groups -OCH3 is 1. The maximum Gasteiger partial charge on any atom is 0.305 e. The summed E-state index contributed by atoms with van der Waals surface area (Å²) >= 11 is 12.3. The lowest BCUT2D eigenvalue weighted by Gasteiger charge is -2.38. The average Bonchev–Trinajstić information content (AvgIpc) is 3.42. The fourth-order valence-corrected chi connectivity index (χ4v) is 5.51. The zero-order valence-corrected chi connectivity index (χ0v) is 24.5. The number of aromatic nitrogens is 2. The molecule has 0 radical (unpaired) electrons. The van der Waals surface area contributed by atoms with Gasteiger partial charge < -0.3 is 4.74 Å². The Hall–Kier alpha value is -4.39. The van der Waals surface area contributed by atoms with Crippen LogP contribution in [-0.4, -0.2) is 28.5 Å². The standard InChI is InChI=1S/C34H29Cl2N3O3/c1-42-32(41)20-18-28-23-39(33(37-28)38-31(40)22-24-17-19-29(35)30(36)21-24)34(25-11-5-2-6-12-25,26-13-7-3-8-14-26)27-15-9-4-10-16-27/h2-17,19,21,23H,18,20,22H2,1H3,(H,37,38,40). The molecule has 0 unspecified atom stereocenters. The van der Waals surface area contributed by atoms with E-state index in [1.165, 1.54) is 7.11 Å². The Balaban J connectivity index is 1.69. The first-order valence-electron chi connectivity index (χ1n) is 13.5. The second kappa shape index (κ2) is 13.1. The summed E-state index contributed by atoms with van der Waals surface area (Å²) in [5.41, 5.74) is 3.36. The van der Waals surface area contributed by atoms with Crippen molar-refractivity contribution in [2.75, 3.05) is 12.4 Å². The zero-order valence-electron chi connectivity index (χ0n) is 23.0. The molecule has 1 aromatic heterocycles. The van der Waals surface area contributed by atoms with Crippen LogP contribution in [0.2, 0.25) is 10.0 Å². The molecule has 0 spiro atoms. The number of anilines is 1. The molecule has 4 aromatic carbocycles. The molecule has 1 N–H and O–H groups in total. The van der Waals surface area contributed by atoms with Gasteiger partial charge in [-0.3, -0.25) is 19.5 Å². The van der Waals surface area contributed by atoms with Crippen molar-refractivity contribution in [2.45, 2.75) is 24.8 Å². The first-order valence-corrected chi connectivity index (χ1v) is 14.2. The summed E-state index contributed by atoms with van der Waals surface area (Å²) in [5.74, 6) is -0.269. The van der Waals surface area contributed by atoms with Gasteiger partial charge in [0.1, 0.15) is 5.54 Å².